The van der Waals surface area contributed by atoms with Crippen molar-refractivity contribution in [1.29, 1.82) is 0 Å². The molecule has 0 spiro atoms. The minimum Gasteiger partial charge on any atom is -0.452 e. The number of nitrogens with zero attached hydrogens (tertiary/aromatic N) is 3. The van der Waals surface area contributed by atoms with E-state index in [9.17, 15) is 13.2 Å². The summed E-state index contributed by atoms with van der Waals surface area (Å²) in [5.41, 5.74) is 1.70. The second-order valence-electron chi connectivity index (χ2n) is 5.89. The molecule has 3 heterocycles. The summed E-state index contributed by atoms with van der Waals surface area (Å²) in [4.78, 5) is 16.4. The van der Waals surface area contributed by atoms with Crippen molar-refractivity contribution in [2.24, 2.45) is 0 Å². The normalized spacial score (nSPS) is 15.8. The van der Waals surface area contributed by atoms with Crippen LogP contribution in [0.4, 0.5) is 5.69 Å². The maximum Gasteiger partial charge on any atom is 0.338 e. The Kier molecular flexibility index (Phi) is 4.66. The summed E-state index contributed by atoms with van der Waals surface area (Å²) < 4.78 is 35.5. The predicted molar refractivity (Wildman–Crippen MR) is 98.9 cm³/mol. The van der Waals surface area contributed by atoms with E-state index >= 15 is 0 Å². The first-order valence-corrected chi connectivity index (χ1v) is 10.7. The third kappa shape index (κ3) is 3.71. The molecule has 1 fully saturated rings. The third-order valence-corrected chi connectivity index (χ3v) is 6.62. The van der Waals surface area contributed by atoms with Crippen molar-refractivity contribution in [1.82, 2.24) is 10.1 Å². The summed E-state index contributed by atoms with van der Waals surface area (Å²) in [6, 6.07) is 8.14. The van der Waals surface area contributed by atoms with Crippen molar-refractivity contribution in [3.8, 4) is 11.4 Å². The smallest absolute Gasteiger partial charge is 0.338 e. The molecule has 0 aliphatic carbocycles. The lowest BCUT2D eigenvalue weighted by molar-refractivity contribution is 0.0430. The Hall–Kier alpha value is -2.72. The van der Waals surface area contributed by atoms with E-state index in [-0.39, 0.29) is 18.3 Å². The molecule has 8 nitrogen and oxygen atoms in total. The molecule has 0 amide bonds. The summed E-state index contributed by atoms with van der Waals surface area (Å²) in [5, 5.41) is 7.64. The molecule has 3 aromatic rings. The number of sulfonamides is 1. The lowest BCUT2D eigenvalue weighted by Gasteiger charge is -2.16. The van der Waals surface area contributed by atoms with Crippen LogP contribution in [0.3, 0.4) is 0 Å². The number of carbonyl (C=O) groups is 1. The molecule has 4 rings (SSSR count). The van der Waals surface area contributed by atoms with Crippen LogP contribution in [-0.4, -0.2) is 36.8 Å². The predicted octanol–water partition coefficient (Wildman–Crippen LogP) is 2.70. The standard InChI is InChI=1S/C17H15N3O5S2/c21-17(24-10-15-18-16(19-25-15)13-6-8-26-11-13)12-2-4-14(5-3-12)20-7-1-9-27(20,22)23/h2-6,8,11H,1,7,9-10H2. The minimum absolute atomic E-state index is 0.141. The summed E-state index contributed by atoms with van der Waals surface area (Å²) in [6.45, 7) is 0.313. The van der Waals surface area contributed by atoms with Gasteiger partial charge < -0.3 is 9.26 Å². The van der Waals surface area contributed by atoms with Crippen molar-refractivity contribution in [2.75, 3.05) is 16.6 Å². The minimum atomic E-state index is -3.25. The molecule has 1 aromatic carbocycles. The van der Waals surface area contributed by atoms with Gasteiger partial charge in [-0.05, 0) is 42.1 Å². The molecule has 0 radical (unpaired) electrons. The fraction of sp³-hybridized carbons (Fsp3) is 0.235. The molecule has 0 N–H and O–H groups in total. The van der Waals surface area contributed by atoms with Crippen LogP contribution in [0.25, 0.3) is 11.4 Å². The van der Waals surface area contributed by atoms with Gasteiger partial charge in [-0.2, -0.15) is 16.3 Å². The van der Waals surface area contributed by atoms with E-state index in [1.165, 1.54) is 27.8 Å². The fourth-order valence-corrected chi connectivity index (χ4v) is 4.93. The van der Waals surface area contributed by atoms with E-state index in [0.717, 1.165) is 5.56 Å². The first-order chi connectivity index (χ1) is 13.0. The summed E-state index contributed by atoms with van der Waals surface area (Å²) in [6.07, 6.45) is 0.601. The highest BCUT2D eigenvalue weighted by Crippen LogP contribution is 2.24. The summed E-state index contributed by atoms with van der Waals surface area (Å²) in [5.74, 6) is 0.234. The summed E-state index contributed by atoms with van der Waals surface area (Å²) in [7, 11) is -3.25. The number of anilines is 1. The average Bonchev–Trinajstić information content (AvgIpc) is 3.40. The molecule has 0 saturated carbocycles. The highest BCUT2D eigenvalue weighted by molar-refractivity contribution is 7.93. The van der Waals surface area contributed by atoms with Crippen molar-refractivity contribution in [2.45, 2.75) is 13.0 Å². The quantitative estimate of drug-likeness (QED) is 0.601. The third-order valence-electron chi connectivity index (χ3n) is 4.06. The van der Waals surface area contributed by atoms with E-state index in [4.69, 9.17) is 9.26 Å². The fourth-order valence-electron chi connectivity index (χ4n) is 2.73. The van der Waals surface area contributed by atoms with Gasteiger partial charge in [0.25, 0.3) is 5.89 Å². The Morgan fingerprint density at radius 1 is 1.26 bits per heavy atom. The Morgan fingerprint density at radius 3 is 2.74 bits per heavy atom. The van der Waals surface area contributed by atoms with E-state index < -0.39 is 16.0 Å². The summed E-state index contributed by atoms with van der Waals surface area (Å²) >= 11 is 1.52. The van der Waals surface area contributed by atoms with Gasteiger partial charge in [0.15, 0.2) is 6.61 Å². The lowest BCUT2D eigenvalue weighted by Crippen LogP contribution is -2.25. The van der Waals surface area contributed by atoms with Crippen LogP contribution in [0.5, 0.6) is 0 Å². The topological polar surface area (TPSA) is 103 Å². The monoisotopic (exact) mass is 405 g/mol. The maximum absolute atomic E-state index is 12.2. The molecule has 0 unspecified atom stereocenters. The van der Waals surface area contributed by atoms with Crippen molar-refractivity contribution < 1.29 is 22.5 Å². The molecular weight excluding hydrogens is 390 g/mol. The lowest BCUT2D eigenvalue weighted by atomic mass is 10.2. The van der Waals surface area contributed by atoms with E-state index in [2.05, 4.69) is 10.1 Å². The number of carbonyl (C=O) groups excluding carboxylic acids is 1. The van der Waals surface area contributed by atoms with Gasteiger partial charge >= 0.3 is 5.97 Å². The van der Waals surface area contributed by atoms with Crippen LogP contribution in [0, 0.1) is 0 Å². The van der Waals surface area contributed by atoms with Gasteiger partial charge in [-0.3, -0.25) is 4.31 Å². The molecule has 27 heavy (non-hydrogen) atoms. The SMILES string of the molecule is O=C(OCc1nc(-c2ccsc2)no1)c1ccc(N2CCCS2(=O)=O)cc1. The molecule has 1 saturated heterocycles. The van der Waals surface area contributed by atoms with Crippen LogP contribution >= 0.6 is 11.3 Å². The first-order valence-electron chi connectivity index (χ1n) is 8.16. The van der Waals surface area contributed by atoms with E-state index in [0.29, 0.717) is 30.0 Å². The van der Waals surface area contributed by atoms with Gasteiger partial charge in [-0.1, -0.05) is 5.16 Å². The van der Waals surface area contributed by atoms with Gasteiger partial charge in [0.2, 0.25) is 15.8 Å². The molecule has 1 aliphatic heterocycles. The molecule has 2 aromatic heterocycles. The van der Waals surface area contributed by atoms with Crippen molar-refractivity contribution in [3.63, 3.8) is 0 Å². The van der Waals surface area contributed by atoms with E-state index in [1.54, 1.807) is 12.1 Å². The van der Waals surface area contributed by atoms with Crippen molar-refractivity contribution in [3.05, 3.63) is 52.5 Å². The average molecular weight is 405 g/mol. The maximum atomic E-state index is 12.2. The van der Waals surface area contributed by atoms with Gasteiger partial charge in [-0.15, -0.1) is 0 Å². The number of rotatable bonds is 5. The Balaban J connectivity index is 1.39. The van der Waals surface area contributed by atoms with Gasteiger partial charge in [-0.25, -0.2) is 13.2 Å². The Bertz CT molecular complexity index is 1040. The van der Waals surface area contributed by atoms with Crippen molar-refractivity contribution >= 4 is 33.0 Å². The number of ether oxygens (including phenoxy) is 1. The molecule has 10 heteroatoms. The molecule has 140 valence electrons. The second-order valence-corrected chi connectivity index (χ2v) is 8.68. The number of benzene rings is 1. The van der Waals surface area contributed by atoms with Crippen LogP contribution in [-0.2, 0) is 21.4 Å². The van der Waals surface area contributed by atoms with Crippen LogP contribution in [0.15, 0.2) is 45.6 Å². The largest absolute Gasteiger partial charge is 0.452 e. The number of hydrogen-bond donors (Lipinski definition) is 0. The van der Waals surface area contributed by atoms with Crippen LogP contribution in [0.1, 0.15) is 22.7 Å². The van der Waals surface area contributed by atoms with Gasteiger partial charge in [0.1, 0.15) is 0 Å². The Morgan fingerprint density at radius 2 is 2.07 bits per heavy atom. The zero-order valence-corrected chi connectivity index (χ0v) is 15.7. The highest BCUT2D eigenvalue weighted by Gasteiger charge is 2.28. The number of aromatic nitrogens is 2. The van der Waals surface area contributed by atoms with Crippen LogP contribution < -0.4 is 4.31 Å². The highest BCUT2D eigenvalue weighted by atomic mass is 32.2. The molecule has 1 aliphatic rings. The van der Waals surface area contributed by atoms with Gasteiger partial charge in [0, 0.05) is 17.5 Å². The first kappa shape index (κ1) is 17.7. The second kappa shape index (κ2) is 7.12. The number of esters is 1. The molecule has 0 atom stereocenters. The number of thiophene rings is 1. The molecule has 0 bridgehead atoms. The zero-order valence-electron chi connectivity index (χ0n) is 14.1. The van der Waals surface area contributed by atoms with E-state index in [1.807, 2.05) is 16.8 Å². The number of hydrogen-bond acceptors (Lipinski definition) is 8. The van der Waals surface area contributed by atoms with Crippen LogP contribution in [0.2, 0.25) is 0 Å². The Labute approximate surface area is 159 Å². The zero-order chi connectivity index (χ0) is 18.9. The van der Waals surface area contributed by atoms with Gasteiger partial charge in [0.05, 0.1) is 17.0 Å². The molecular formula is C17H15N3O5S2.